The Kier molecular flexibility index (Phi) is 2.68. The minimum atomic E-state index is -0.645. The number of hydrogen-bond donors (Lipinski definition) is 1. The second kappa shape index (κ2) is 3.40. The van der Waals surface area contributed by atoms with Crippen LogP contribution in [0.1, 0.15) is 0 Å². The quantitative estimate of drug-likeness (QED) is 0.371. The van der Waals surface area contributed by atoms with E-state index in [0.29, 0.717) is 8.72 Å². The molecule has 0 spiro atoms. The molecule has 1 heterocycles. The number of rotatable bonds is 1. The van der Waals surface area contributed by atoms with Gasteiger partial charge in [0.15, 0.2) is 0 Å². The highest BCUT2D eigenvalue weighted by atomic mass is 127. The minimum Gasteiger partial charge on any atom is -0.392 e. The monoisotopic (exact) mass is 299 g/mol. The van der Waals surface area contributed by atoms with Crippen molar-refractivity contribution >= 4 is 45.7 Å². The zero-order valence-corrected chi connectivity index (χ0v) is 8.53. The van der Waals surface area contributed by atoms with Gasteiger partial charge < -0.3 is 15.8 Å². The lowest BCUT2D eigenvalue weighted by Gasteiger charge is -1.97. The molecule has 0 aliphatic rings. The zero-order chi connectivity index (χ0) is 9.30. The Balaban J connectivity index is 3.33. The van der Waals surface area contributed by atoms with Crippen LogP contribution in [-0.2, 0) is 0 Å². The van der Waals surface area contributed by atoms with Gasteiger partial charge in [0, 0.05) is 22.6 Å². The number of hydrogen-bond acceptors (Lipinski definition) is 4. The molecule has 0 fully saturated rings. The molecule has 0 saturated carbocycles. The van der Waals surface area contributed by atoms with Gasteiger partial charge >= 0.3 is 5.82 Å². The first-order valence-corrected chi connectivity index (χ1v) is 4.24. The zero-order valence-electron chi connectivity index (χ0n) is 5.62. The van der Waals surface area contributed by atoms with Crippen LogP contribution in [0.4, 0.5) is 11.5 Å². The highest BCUT2D eigenvalue weighted by Crippen LogP contribution is 2.25. The molecule has 0 radical (unpaired) electrons. The van der Waals surface area contributed by atoms with Crippen LogP contribution in [0.5, 0.6) is 0 Å². The van der Waals surface area contributed by atoms with Crippen LogP contribution in [0.15, 0.2) is 6.07 Å². The maximum atomic E-state index is 10.3. The normalized spacial score (nSPS) is 9.83. The maximum Gasteiger partial charge on any atom is 0.387 e. The smallest absolute Gasteiger partial charge is 0.387 e. The molecule has 0 aromatic carbocycles. The molecule has 0 unspecified atom stereocenters. The van der Waals surface area contributed by atoms with E-state index in [1.54, 1.807) is 22.6 Å². The lowest BCUT2D eigenvalue weighted by Crippen LogP contribution is -2.00. The summed E-state index contributed by atoms with van der Waals surface area (Å²) in [4.78, 5) is 13.3. The van der Waals surface area contributed by atoms with Gasteiger partial charge in [-0.15, -0.1) is 0 Å². The first-order chi connectivity index (χ1) is 5.52. The third-order valence-electron chi connectivity index (χ3n) is 1.11. The Morgan fingerprint density at radius 3 is 2.83 bits per heavy atom. The fourth-order valence-electron chi connectivity index (χ4n) is 0.618. The standard InChI is InChI=1S/C5H3ClIN3O2/c6-2-1-3(8)5(10(11)12)9-4(2)7/h1H,8H2. The number of nitrogen functional groups attached to an aromatic ring is 1. The maximum absolute atomic E-state index is 10.3. The number of anilines is 1. The van der Waals surface area contributed by atoms with E-state index in [2.05, 4.69) is 4.98 Å². The van der Waals surface area contributed by atoms with E-state index in [0.717, 1.165) is 0 Å². The van der Waals surface area contributed by atoms with Gasteiger partial charge in [0.2, 0.25) is 3.70 Å². The number of nitrogens with zero attached hydrogens (tertiary/aromatic N) is 2. The van der Waals surface area contributed by atoms with Gasteiger partial charge in [0.25, 0.3) is 0 Å². The first-order valence-electron chi connectivity index (χ1n) is 2.78. The van der Waals surface area contributed by atoms with E-state index < -0.39 is 4.92 Å². The Bertz CT molecular complexity index is 344. The van der Waals surface area contributed by atoms with Crippen LogP contribution < -0.4 is 5.73 Å². The number of nitro groups is 1. The number of nitrogens with two attached hydrogens (primary N) is 1. The van der Waals surface area contributed by atoms with Crippen molar-refractivity contribution < 1.29 is 4.92 Å². The summed E-state index contributed by atoms with van der Waals surface area (Å²) < 4.78 is 0.371. The SMILES string of the molecule is Nc1cc(Cl)c(I)nc1[N+](=O)[O-]. The molecule has 7 heteroatoms. The Labute approximate surface area is 86.2 Å². The van der Waals surface area contributed by atoms with Gasteiger partial charge in [0.05, 0.1) is 0 Å². The second-order valence-electron chi connectivity index (χ2n) is 1.93. The predicted molar refractivity (Wildman–Crippen MR) is 53.0 cm³/mol. The molecule has 12 heavy (non-hydrogen) atoms. The Hall–Kier alpha value is -0.630. The van der Waals surface area contributed by atoms with E-state index in [1.807, 2.05) is 0 Å². The number of halogens is 2. The van der Waals surface area contributed by atoms with Gasteiger partial charge in [-0.1, -0.05) is 11.6 Å². The second-order valence-corrected chi connectivity index (χ2v) is 3.36. The van der Waals surface area contributed by atoms with Crippen molar-refractivity contribution in [2.24, 2.45) is 0 Å². The first kappa shape index (κ1) is 9.46. The van der Waals surface area contributed by atoms with E-state index in [1.165, 1.54) is 6.07 Å². The lowest BCUT2D eigenvalue weighted by molar-refractivity contribution is -0.388. The van der Waals surface area contributed by atoms with E-state index in [-0.39, 0.29) is 11.5 Å². The minimum absolute atomic E-state index is 0.0228. The number of pyridine rings is 1. The van der Waals surface area contributed by atoms with E-state index in [4.69, 9.17) is 17.3 Å². The molecular formula is C5H3ClIN3O2. The van der Waals surface area contributed by atoms with Crippen LogP contribution in [0.25, 0.3) is 0 Å². The largest absolute Gasteiger partial charge is 0.392 e. The fraction of sp³-hybridized carbons (Fsp3) is 0. The summed E-state index contributed by atoms with van der Waals surface area (Å²) in [6, 6.07) is 1.31. The molecule has 0 bridgehead atoms. The average molecular weight is 299 g/mol. The molecule has 0 saturated heterocycles. The predicted octanol–water partition coefficient (Wildman–Crippen LogP) is 1.83. The Morgan fingerprint density at radius 2 is 2.33 bits per heavy atom. The van der Waals surface area contributed by atoms with Gasteiger partial charge in [-0.25, -0.2) is 0 Å². The van der Waals surface area contributed by atoms with Crippen LogP contribution in [0.3, 0.4) is 0 Å². The summed E-state index contributed by atoms with van der Waals surface area (Å²) in [5.41, 5.74) is 5.28. The van der Waals surface area contributed by atoms with Crippen molar-refractivity contribution in [2.45, 2.75) is 0 Å². The molecule has 5 nitrogen and oxygen atoms in total. The molecule has 1 aromatic rings. The van der Waals surface area contributed by atoms with Gasteiger partial charge in [0.1, 0.15) is 10.7 Å². The van der Waals surface area contributed by atoms with Crippen LogP contribution in [0.2, 0.25) is 5.02 Å². The molecule has 0 atom stereocenters. The van der Waals surface area contributed by atoms with Crippen molar-refractivity contribution in [1.29, 1.82) is 0 Å². The third kappa shape index (κ3) is 1.75. The molecular weight excluding hydrogens is 296 g/mol. The molecule has 1 aromatic heterocycles. The van der Waals surface area contributed by atoms with Gasteiger partial charge in [-0.2, -0.15) is 0 Å². The molecule has 0 aliphatic carbocycles. The third-order valence-corrected chi connectivity index (χ3v) is 2.54. The average Bonchev–Trinajstić information content (AvgIpc) is 1.96. The van der Waals surface area contributed by atoms with Crippen molar-refractivity contribution in [3.63, 3.8) is 0 Å². The molecule has 0 aliphatic heterocycles. The highest BCUT2D eigenvalue weighted by molar-refractivity contribution is 14.1. The molecule has 2 N–H and O–H groups in total. The molecule has 1 rings (SSSR count). The molecule has 0 amide bonds. The van der Waals surface area contributed by atoms with Crippen LogP contribution in [0, 0.1) is 13.8 Å². The van der Waals surface area contributed by atoms with Gasteiger partial charge in [-0.3, -0.25) is 0 Å². The van der Waals surface area contributed by atoms with Crippen molar-refractivity contribution in [3.8, 4) is 0 Å². The van der Waals surface area contributed by atoms with Crippen molar-refractivity contribution in [1.82, 2.24) is 4.98 Å². The summed E-state index contributed by atoms with van der Waals surface area (Å²) in [7, 11) is 0. The highest BCUT2D eigenvalue weighted by Gasteiger charge is 2.16. The van der Waals surface area contributed by atoms with Crippen LogP contribution >= 0.6 is 34.2 Å². The summed E-state index contributed by atoms with van der Waals surface area (Å²) in [5.74, 6) is -0.358. The van der Waals surface area contributed by atoms with E-state index >= 15 is 0 Å². The van der Waals surface area contributed by atoms with Crippen LogP contribution in [-0.4, -0.2) is 9.91 Å². The summed E-state index contributed by atoms with van der Waals surface area (Å²) in [5, 5.41) is 10.6. The fourth-order valence-corrected chi connectivity index (χ4v) is 1.16. The lowest BCUT2D eigenvalue weighted by atomic mass is 10.4. The van der Waals surface area contributed by atoms with Crippen molar-refractivity contribution in [3.05, 3.63) is 24.9 Å². The van der Waals surface area contributed by atoms with E-state index in [9.17, 15) is 10.1 Å². The molecule has 64 valence electrons. The topological polar surface area (TPSA) is 82.0 Å². The Morgan fingerprint density at radius 1 is 1.75 bits per heavy atom. The summed E-state index contributed by atoms with van der Waals surface area (Å²) in [6.45, 7) is 0. The summed E-state index contributed by atoms with van der Waals surface area (Å²) >= 11 is 7.41. The van der Waals surface area contributed by atoms with Gasteiger partial charge in [-0.05, 0) is 16.0 Å². The number of aromatic nitrogens is 1. The summed E-state index contributed by atoms with van der Waals surface area (Å²) in [6.07, 6.45) is 0. The van der Waals surface area contributed by atoms with Crippen molar-refractivity contribution in [2.75, 3.05) is 5.73 Å².